The molecule has 18 heavy (non-hydrogen) atoms. The van der Waals surface area contributed by atoms with Crippen LogP contribution < -0.4 is 10.1 Å². The van der Waals surface area contributed by atoms with Crippen molar-refractivity contribution in [2.45, 2.75) is 26.3 Å². The standard InChI is InChI=1S/C14H21NO3/c1-5-10-9-11(7-8-12(10)17-4)13(15-3)14(16)18-6-2/h7-9,13,15H,5-6H2,1-4H3. The molecule has 0 saturated carbocycles. The number of carbonyl (C=O) groups is 1. The third-order valence-corrected chi connectivity index (χ3v) is 2.83. The number of ether oxygens (including phenoxy) is 2. The largest absolute Gasteiger partial charge is 0.496 e. The SMILES string of the molecule is CCOC(=O)C(NC)c1ccc(OC)c(CC)c1. The van der Waals surface area contributed by atoms with Gasteiger partial charge in [0.2, 0.25) is 0 Å². The van der Waals surface area contributed by atoms with Gasteiger partial charge >= 0.3 is 5.97 Å². The second-order valence-electron chi connectivity index (χ2n) is 3.90. The summed E-state index contributed by atoms with van der Waals surface area (Å²) >= 11 is 0. The Morgan fingerprint density at radius 1 is 1.39 bits per heavy atom. The molecule has 1 N–H and O–H groups in total. The highest BCUT2D eigenvalue weighted by molar-refractivity contribution is 5.77. The van der Waals surface area contributed by atoms with E-state index < -0.39 is 6.04 Å². The molecule has 1 rings (SSSR count). The van der Waals surface area contributed by atoms with Gasteiger partial charge in [0.25, 0.3) is 0 Å². The molecule has 100 valence electrons. The zero-order chi connectivity index (χ0) is 13.5. The summed E-state index contributed by atoms with van der Waals surface area (Å²) < 4.78 is 10.3. The first-order chi connectivity index (χ1) is 8.67. The Kier molecular flexibility index (Phi) is 5.65. The van der Waals surface area contributed by atoms with E-state index in [2.05, 4.69) is 12.2 Å². The predicted molar refractivity (Wildman–Crippen MR) is 70.8 cm³/mol. The van der Waals surface area contributed by atoms with E-state index in [1.807, 2.05) is 18.2 Å². The predicted octanol–water partition coefficient (Wildman–Crippen LogP) is 2.08. The quantitative estimate of drug-likeness (QED) is 0.786. The molecule has 0 bridgehead atoms. The highest BCUT2D eigenvalue weighted by Crippen LogP contribution is 2.24. The average Bonchev–Trinajstić information content (AvgIpc) is 2.39. The molecule has 0 radical (unpaired) electrons. The van der Waals surface area contributed by atoms with Gasteiger partial charge in [-0.25, -0.2) is 4.79 Å². The van der Waals surface area contributed by atoms with Gasteiger partial charge in [0.15, 0.2) is 0 Å². The number of esters is 1. The lowest BCUT2D eigenvalue weighted by molar-refractivity contribution is -0.145. The molecule has 0 heterocycles. The number of hydrogen-bond donors (Lipinski definition) is 1. The summed E-state index contributed by atoms with van der Waals surface area (Å²) in [7, 11) is 3.40. The molecule has 1 atom stereocenters. The van der Waals surface area contributed by atoms with Gasteiger partial charge in [-0.05, 0) is 43.7 Å². The molecule has 1 aromatic rings. The van der Waals surface area contributed by atoms with Crippen molar-refractivity contribution in [2.75, 3.05) is 20.8 Å². The van der Waals surface area contributed by atoms with Crippen LogP contribution in [0.25, 0.3) is 0 Å². The summed E-state index contributed by atoms with van der Waals surface area (Å²) in [6.45, 7) is 4.24. The molecule has 4 heteroatoms. The van der Waals surface area contributed by atoms with Crippen LogP contribution in [0.2, 0.25) is 0 Å². The number of likely N-dealkylation sites (N-methyl/N-ethyl adjacent to an activating group) is 1. The zero-order valence-corrected chi connectivity index (χ0v) is 11.4. The van der Waals surface area contributed by atoms with Gasteiger partial charge in [-0.15, -0.1) is 0 Å². The van der Waals surface area contributed by atoms with E-state index >= 15 is 0 Å². The van der Waals surface area contributed by atoms with E-state index in [1.165, 1.54) is 0 Å². The first kappa shape index (κ1) is 14.5. The van der Waals surface area contributed by atoms with Crippen molar-refractivity contribution in [1.29, 1.82) is 0 Å². The van der Waals surface area contributed by atoms with Crippen molar-refractivity contribution >= 4 is 5.97 Å². The lowest BCUT2D eigenvalue weighted by atomic mass is 10.0. The van der Waals surface area contributed by atoms with Crippen LogP contribution in [0.5, 0.6) is 5.75 Å². The number of carbonyl (C=O) groups excluding carboxylic acids is 1. The second kappa shape index (κ2) is 7.01. The summed E-state index contributed by atoms with van der Waals surface area (Å²) in [5.74, 6) is 0.590. The van der Waals surface area contributed by atoms with Gasteiger partial charge in [0, 0.05) is 0 Å². The topological polar surface area (TPSA) is 47.6 Å². The third kappa shape index (κ3) is 3.23. The molecule has 0 fully saturated rings. The van der Waals surface area contributed by atoms with Crippen LogP contribution in [0.4, 0.5) is 0 Å². The number of benzene rings is 1. The average molecular weight is 251 g/mol. The number of rotatable bonds is 6. The first-order valence-electron chi connectivity index (χ1n) is 6.18. The van der Waals surface area contributed by atoms with E-state index in [9.17, 15) is 4.79 Å². The molecule has 0 aliphatic heterocycles. The van der Waals surface area contributed by atoms with Crippen LogP contribution in [-0.2, 0) is 16.0 Å². The van der Waals surface area contributed by atoms with E-state index in [0.717, 1.165) is 23.3 Å². The maximum absolute atomic E-state index is 11.8. The van der Waals surface area contributed by atoms with Crippen LogP contribution in [0.1, 0.15) is 31.0 Å². The molecule has 1 unspecified atom stereocenters. The zero-order valence-electron chi connectivity index (χ0n) is 11.4. The highest BCUT2D eigenvalue weighted by atomic mass is 16.5. The molecular weight excluding hydrogens is 230 g/mol. The molecule has 0 aromatic heterocycles. The Hall–Kier alpha value is -1.55. The lowest BCUT2D eigenvalue weighted by Crippen LogP contribution is -2.27. The summed E-state index contributed by atoms with van der Waals surface area (Å²) in [6, 6.07) is 5.33. The van der Waals surface area contributed by atoms with Crippen LogP contribution in [0, 0.1) is 0 Å². The van der Waals surface area contributed by atoms with Crippen molar-refractivity contribution < 1.29 is 14.3 Å². The van der Waals surface area contributed by atoms with Crippen LogP contribution in [0.3, 0.4) is 0 Å². The lowest BCUT2D eigenvalue weighted by Gasteiger charge is -2.17. The monoisotopic (exact) mass is 251 g/mol. The summed E-state index contributed by atoms with van der Waals surface area (Å²) in [5, 5.41) is 2.98. The minimum atomic E-state index is -0.429. The maximum Gasteiger partial charge on any atom is 0.327 e. The van der Waals surface area contributed by atoms with E-state index in [-0.39, 0.29) is 5.97 Å². The highest BCUT2D eigenvalue weighted by Gasteiger charge is 2.20. The Morgan fingerprint density at radius 3 is 2.61 bits per heavy atom. The van der Waals surface area contributed by atoms with Gasteiger partial charge in [0.1, 0.15) is 11.8 Å². The molecule has 1 aromatic carbocycles. The van der Waals surface area contributed by atoms with Crippen LogP contribution in [-0.4, -0.2) is 26.7 Å². The number of aryl methyl sites for hydroxylation is 1. The maximum atomic E-state index is 11.8. The minimum absolute atomic E-state index is 0.257. The fourth-order valence-electron chi connectivity index (χ4n) is 1.90. The van der Waals surface area contributed by atoms with Gasteiger partial charge in [-0.1, -0.05) is 13.0 Å². The minimum Gasteiger partial charge on any atom is -0.496 e. The van der Waals surface area contributed by atoms with Crippen molar-refractivity contribution in [2.24, 2.45) is 0 Å². The molecule has 0 amide bonds. The van der Waals surface area contributed by atoms with Crippen LogP contribution in [0.15, 0.2) is 18.2 Å². The first-order valence-corrected chi connectivity index (χ1v) is 6.18. The molecule has 4 nitrogen and oxygen atoms in total. The number of nitrogens with one attached hydrogen (secondary N) is 1. The van der Waals surface area contributed by atoms with Crippen molar-refractivity contribution in [1.82, 2.24) is 5.32 Å². The van der Waals surface area contributed by atoms with Gasteiger partial charge < -0.3 is 14.8 Å². The van der Waals surface area contributed by atoms with Gasteiger partial charge in [0.05, 0.1) is 13.7 Å². The van der Waals surface area contributed by atoms with Gasteiger partial charge in [-0.3, -0.25) is 0 Å². The molecular formula is C14H21NO3. The summed E-state index contributed by atoms with van der Waals surface area (Å²) in [4.78, 5) is 11.8. The fraction of sp³-hybridized carbons (Fsp3) is 0.500. The van der Waals surface area contributed by atoms with E-state index in [1.54, 1.807) is 21.1 Å². The molecule has 0 aliphatic rings. The number of methoxy groups -OCH3 is 1. The molecule has 0 saturated heterocycles. The number of hydrogen-bond acceptors (Lipinski definition) is 4. The Morgan fingerprint density at radius 2 is 2.11 bits per heavy atom. The van der Waals surface area contributed by atoms with Crippen molar-refractivity contribution in [3.8, 4) is 5.75 Å². The van der Waals surface area contributed by atoms with Crippen LogP contribution >= 0.6 is 0 Å². The summed E-state index contributed by atoms with van der Waals surface area (Å²) in [5.41, 5.74) is 1.98. The summed E-state index contributed by atoms with van der Waals surface area (Å²) in [6.07, 6.45) is 0.857. The smallest absolute Gasteiger partial charge is 0.327 e. The molecule has 0 spiro atoms. The normalized spacial score (nSPS) is 12.0. The van der Waals surface area contributed by atoms with E-state index in [4.69, 9.17) is 9.47 Å². The Labute approximate surface area is 108 Å². The van der Waals surface area contributed by atoms with Crippen molar-refractivity contribution in [3.05, 3.63) is 29.3 Å². The Bertz CT molecular complexity index is 404. The Balaban J connectivity index is 3.03. The fourth-order valence-corrected chi connectivity index (χ4v) is 1.90. The van der Waals surface area contributed by atoms with E-state index in [0.29, 0.717) is 6.61 Å². The third-order valence-electron chi connectivity index (χ3n) is 2.83. The molecule has 0 aliphatic carbocycles. The second-order valence-corrected chi connectivity index (χ2v) is 3.90. The van der Waals surface area contributed by atoms with Gasteiger partial charge in [-0.2, -0.15) is 0 Å². The van der Waals surface area contributed by atoms with Crippen molar-refractivity contribution in [3.63, 3.8) is 0 Å².